The molecule has 2 nitrogen and oxygen atoms in total. The Bertz CT molecular complexity index is 162. The Morgan fingerprint density at radius 3 is 2.69 bits per heavy atom. The van der Waals surface area contributed by atoms with Gasteiger partial charge in [-0.2, -0.15) is 11.8 Å². The van der Waals surface area contributed by atoms with Gasteiger partial charge in [-0.15, -0.1) is 0 Å². The van der Waals surface area contributed by atoms with Crippen LogP contribution in [0.25, 0.3) is 0 Å². The molecule has 0 spiro atoms. The van der Waals surface area contributed by atoms with Crippen LogP contribution in [-0.2, 0) is 4.74 Å². The molecule has 3 heteroatoms. The fourth-order valence-electron chi connectivity index (χ4n) is 2.58. The molecular formula is C10H19NOS. The minimum Gasteiger partial charge on any atom is -0.381 e. The van der Waals surface area contributed by atoms with E-state index < -0.39 is 0 Å². The highest BCUT2D eigenvalue weighted by atomic mass is 32.2. The molecular weight excluding hydrogens is 182 g/mol. The first kappa shape index (κ1) is 9.81. The van der Waals surface area contributed by atoms with Crippen molar-refractivity contribution < 1.29 is 4.74 Å². The summed E-state index contributed by atoms with van der Waals surface area (Å²) in [5.41, 5.74) is 6.26. The molecule has 2 heterocycles. The van der Waals surface area contributed by atoms with Gasteiger partial charge in [0.2, 0.25) is 0 Å². The van der Waals surface area contributed by atoms with Gasteiger partial charge in [-0.25, -0.2) is 0 Å². The van der Waals surface area contributed by atoms with Crippen molar-refractivity contribution in [3.05, 3.63) is 0 Å². The summed E-state index contributed by atoms with van der Waals surface area (Å²) in [6.45, 7) is 2.67. The molecule has 2 aliphatic rings. The average Bonchev–Trinajstić information content (AvgIpc) is 2.69. The number of rotatable bonds is 2. The lowest BCUT2D eigenvalue weighted by Gasteiger charge is -2.37. The summed E-state index contributed by atoms with van der Waals surface area (Å²) in [4.78, 5) is 0. The third-order valence-corrected chi connectivity index (χ3v) is 4.68. The largest absolute Gasteiger partial charge is 0.381 e. The van der Waals surface area contributed by atoms with Crippen molar-refractivity contribution in [1.82, 2.24) is 0 Å². The van der Waals surface area contributed by atoms with Crippen molar-refractivity contribution >= 4 is 11.8 Å². The summed E-state index contributed by atoms with van der Waals surface area (Å²) in [6, 6.07) is 0. The normalized spacial score (nSPS) is 36.7. The fourth-order valence-corrected chi connectivity index (χ4v) is 3.69. The van der Waals surface area contributed by atoms with Gasteiger partial charge in [0.1, 0.15) is 0 Å². The number of thioether (sulfide) groups is 1. The van der Waals surface area contributed by atoms with Crippen molar-refractivity contribution in [2.45, 2.75) is 19.3 Å². The third kappa shape index (κ3) is 1.88. The molecule has 0 aromatic carbocycles. The molecule has 0 saturated carbocycles. The standard InChI is InChI=1S/C10H19NOS/c11-7-10(3-4-12-8-10)9-1-5-13-6-2-9/h9H,1-8,11H2. The van der Waals surface area contributed by atoms with Gasteiger partial charge >= 0.3 is 0 Å². The van der Waals surface area contributed by atoms with E-state index in [0.717, 1.165) is 25.7 Å². The van der Waals surface area contributed by atoms with Crippen LogP contribution in [0.3, 0.4) is 0 Å². The minimum atomic E-state index is 0.348. The van der Waals surface area contributed by atoms with Crippen LogP contribution < -0.4 is 5.73 Å². The zero-order chi connectivity index (χ0) is 9.15. The highest BCUT2D eigenvalue weighted by molar-refractivity contribution is 7.99. The summed E-state index contributed by atoms with van der Waals surface area (Å²) in [5, 5.41) is 0. The van der Waals surface area contributed by atoms with E-state index in [1.807, 2.05) is 0 Å². The second-order valence-corrected chi connectivity index (χ2v) is 5.48. The molecule has 0 aromatic rings. The first-order valence-electron chi connectivity index (χ1n) is 5.23. The summed E-state index contributed by atoms with van der Waals surface area (Å²) in [7, 11) is 0. The van der Waals surface area contributed by atoms with Gasteiger partial charge in [-0.3, -0.25) is 0 Å². The van der Waals surface area contributed by atoms with Crippen molar-refractivity contribution in [3.63, 3.8) is 0 Å². The van der Waals surface area contributed by atoms with E-state index in [2.05, 4.69) is 11.8 Å². The van der Waals surface area contributed by atoms with Gasteiger partial charge in [0, 0.05) is 18.6 Å². The van der Waals surface area contributed by atoms with Crippen LogP contribution >= 0.6 is 11.8 Å². The topological polar surface area (TPSA) is 35.2 Å². The Hall–Kier alpha value is 0.270. The zero-order valence-electron chi connectivity index (χ0n) is 8.13. The predicted molar refractivity (Wildman–Crippen MR) is 57.0 cm³/mol. The van der Waals surface area contributed by atoms with Crippen molar-refractivity contribution in [3.8, 4) is 0 Å². The molecule has 1 unspecified atom stereocenters. The monoisotopic (exact) mass is 201 g/mol. The summed E-state index contributed by atoms with van der Waals surface area (Å²) in [5.74, 6) is 3.49. The van der Waals surface area contributed by atoms with Crippen LogP contribution in [0.15, 0.2) is 0 Å². The van der Waals surface area contributed by atoms with Crippen molar-refractivity contribution in [1.29, 1.82) is 0 Å². The van der Waals surface area contributed by atoms with Gasteiger partial charge in [0.05, 0.1) is 6.61 Å². The maximum Gasteiger partial charge on any atom is 0.0538 e. The summed E-state index contributed by atoms with van der Waals surface area (Å²) >= 11 is 2.09. The molecule has 2 rings (SSSR count). The lowest BCUT2D eigenvalue weighted by atomic mass is 9.72. The van der Waals surface area contributed by atoms with Crippen LogP contribution in [0.4, 0.5) is 0 Å². The molecule has 13 heavy (non-hydrogen) atoms. The molecule has 2 fully saturated rings. The van der Waals surface area contributed by atoms with Gasteiger partial charge < -0.3 is 10.5 Å². The lowest BCUT2D eigenvalue weighted by Crippen LogP contribution is -2.40. The van der Waals surface area contributed by atoms with Gasteiger partial charge in [-0.05, 0) is 36.7 Å². The van der Waals surface area contributed by atoms with E-state index in [1.54, 1.807) is 0 Å². The van der Waals surface area contributed by atoms with E-state index in [-0.39, 0.29) is 0 Å². The lowest BCUT2D eigenvalue weighted by molar-refractivity contribution is 0.106. The highest BCUT2D eigenvalue weighted by Crippen LogP contribution is 2.42. The molecule has 2 N–H and O–H groups in total. The molecule has 0 radical (unpaired) electrons. The molecule has 2 saturated heterocycles. The molecule has 0 amide bonds. The molecule has 0 aliphatic carbocycles. The Kier molecular flexibility index (Phi) is 3.17. The molecule has 0 bridgehead atoms. The average molecular weight is 201 g/mol. The van der Waals surface area contributed by atoms with Crippen LogP contribution in [0.2, 0.25) is 0 Å². The second-order valence-electron chi connectivity index (χ2n) is 4.26. The van der Waals surface area contributed by atoms with Gasteiger partial charge in [-0.1, -0.05) is 0 Å². The summed E-state index contributed by atoms with van der Waals surface area (Å²) < 4.78 is 5.52. The zero-order valence-corrected chi connectivity index (χ0v) is 8.94. The van der Waals surface area contributed by atoms with E-state index in [9.17, 15) is 0 Å². The van der Waals surface area contributed by atoms with E-state index >= 15 is 0 Å². The van der Waals surface area contributed by atoms with Gasteiger partial charge in [0.25, 0.3) is 0 Å². The van der Waals surface area contributed by atoms with E-state index in [4.69, 9.17) is 10.5 Å². The first-order valence-corrected chi connectivity index (χ1v) is 6.38. The van der Waals surface area contributed by atoms with Crippen LogP contribution in [-0.4, -0.2) is 31.3 Å². The Morgan fingerprint density at radius 2 is 2.15 bits per heavy atom. The maximum absolute atomic E-state index is 5.91. The molecule has 0 aromatic heterocycles. The fraction of sp³-hybridized carbons (Fsp3) is 1.00. The smallest absolute Gasteiger partial charge is 0.0538 e. The van der Waals surface area contributed by atoms with Crippen LogP contribution in [0.5, 0.6) is 0 Å². The third-order valence-electron chi connectivity index (χ3n) is 3.63. The quantitative estimate of drug-likeness (QED) is 0.735. The van der Waals surface area contributed by atoms with Crippen LogP contribution in [0.1, 0.15) is 19.3 Å². The maximum atomic E-state index is 5.91. The molecule has 76 valence electrons. The highest BCUT2D eigenvalue weighted by Gasteiger charge is 2.41. The number of hydrogen-bond donors (Lipinski definition) is 1. The first-order chi connectivity index (χ1) is 6.37. The number of hydrogen-bond acceptors (Lipinski definition) is 3. The number of ether oxygens (including phenoxy) is 1. The summed E-state index contributed by atoms with van der Waals surface area (Å²) in [6.07, 6.45) is 3.90. The minimum absolute atomic E-state index is 0.348. The van der Waals surface area contributed by atoms with Crippen molar-refractivity contribution in [2.24, 2.45) is 17.1 Å². The van der Waals surface area contributed by atoms with Crippen LogP contribution in [0, 0.1) is 11.3 Å². The second kappa shape index (κ2) is 4.20. The Balaban J connectivity index is 2.01. The SMILES string of the molecule is NCC1(C2CCSCC2)CCOC1. The van der Waals surface area contributed by atoms with E-state index in [1.165, 1.54) is 30.8 Å². The molecule has 2 aliphatic heterocycles. The van der Waals surface area contributed by atoms with Gasteiger partial charge in [0.15, 0.2) is 0 Å². The van der Waals surface area contributed by atoms with Crippen molar-refractivity contribution in [2.75, 3.05) is 31.3 Å². The number of nitrogens with two attached hydrogens (primary N) is 1. The molecule has 1 atom stereocenters. The Labute approximate surface area is 84.6 Å². The Morgan fingerprint density at radius 1 is 1.38 bits per heavy atom. The van der Waals surface area contributed by atoms with E-state index in [0.29, 0.717) is 5.41 Å². The predicted octanol–water partition coefficient (Wildman–Crippen LogP) is 1.50.